The maximum atomic E-state index is 14.2. The number of rotatable bonds is 10. The van der Waals surface area contributed by atoms with Crippen molar-refractivity contribution in [3.8, 4) is 0 Å². The van der Waals surface area contributed by atoms with Crippen LogP contribution in [-0.4, -0.2) is 93.9 Å². The van der Waals surface area contributed by atoms with E-state index in [0.717, 1.165) is 12.0 Å². The van der Waals surface area contributed by atoms with Gasteiger partial charge in [-0.25, -0.2) is 14.2 Å². The fourth-order valence-corrected chi connectivity index (χ4v) is 5.61. The van der Waals surface area contributed by atoms with Crippen LogP contribution in [0.3, 0.4) is 0 Å². The zero-order chi connectivity index (χ0) is 35.4. The Morgan fingerprint density at radius 3 is 2.35 bits per heavy atom. The molecule has 4 rings (SSSR count). The zero-order valence-electron chi connectivity index (χ0n) is 29.2. The first-order valence-electron chi connectivity index (χ1n) is 16.4. The van der Waals surface area contributed by atoms with Gasteiger partial charge in [0.25, 0.3) is 5.89 Å². The second-order valence-electron chi connectivity index (χ2n) is 14.5. The molecule has 12 heteroatoms. The SMILES string of the molecule is C[C@@H](C(=O)N[C@H](C(=O)N1CCC[C@H]1CN(CCc1ccc(F)cc1)C(=O)c1nc2ccccc2o1)C(C)(C)C)N(C)C(=O)OC(C)(C)C. The number of likely N-dealkylation sites (tertiary alicyclic amines) is 1. The van der Waals surface area contributed by atoms with E-state index in [1.807, 2.05) is 26.8 Å². The molecule has 0 bridgehead atoms. The Balaban J connectivity index is 1.53. The first kappa shape index (κ1) is 36.4. The van der Waals surface area contributed by atoms with Crippen molar-refractivity contribution >= 4 is 34.9 Å². The van der Waals surface area contributed by atoms with Crippen molar-refractivity contribution in [1.82, 2.24) is 25.0 Å². The summed E-state index contributed by atoms with van der Waals surface area (Å²) in [6, 6.07) is 11.1. The molecule has 260 valence electrons. The predicted molar refractivity (Wildman–Crippen MR) is 180 cm³/mol. The Hall–Kier alpha value is -4.48. The van der Waals surface area contributed by atoms with Crippen LogP contribution in [0.5, 0.6) is 0 Å². The minimum absolute atomic E-state index is 0.0471. The molecule has 0 unspecified atom stereocenters. The maximum Gasteiger partial charge on any atom is 0.410 e. The van der Waals surface area contributed by atoms with Crippen molar-refractivity contribution < 1.29 is 32.7 Å². The smallest absolute Gasteiger partial charge is 0.410 e. The summed E-state index contributed by atoms with van der Waals surface area (Å²) in [7, 11) is 1.48. The number of hydrogen-bond donors (Lipinski definition) is 1. The van der Waals surface area contributed by atoms with E-state index in [1.165, 1.54) is 24.1 Å². The van der Waals surface area contributed by atoms with Gasteiger partial charge in [-0.15, -0.1) is 0 Å². The third-order valence-corrected chi connectivity index (χ3v) is 8.48. The molecule has 0 spiro atoms. The molecule has 1 aromatic heterocycles. The zero-order valence-corrected chi connectivity index (χ0v) is 29.2. The van der Waals surface area contributed by atoms with Gasteiger partial charge >= 0.3 is 12.0 Å². The van der Waals surface area contributed by atoms with Gasteiger partial charge in [-0.1, -0.05) is 45.0 Å². The summed E-state index contributed by atoms with van der Waals surface area (Å²) in [6.45, 7) is 13.4. The number of oxazole rings is 1. The minimum Gasteiger partial charge on any atom is -0.444 e. The highest BCUT2D eigenvalue weighted by Crippen LogP contribution is 2.27. The number of carbonyl (C=O) groups is 4. The molecule has 1 fully saturated rings. The molecule has 1 aliphatic rings. The van der Waals surface area contributed by atoms with Crippen molar-refractivity contribution in [2.45, 2.75) is 91.5 Å². The quantitative estimate of drug-likeness (QED) is 0.306. The second-order valence-corrected chi connectivity index (χ2v) is 14.5. The van der Waals surface area contributed by atoms with Crippen molar-refractivity contribution in [2.75, 3.05) is 26.7 Å². The molecule has 1 saturated heterocycles. The maximum absolute atomic E-state index is 14.2. The van der Waals surface area contributed by atoms with E-state index in [1.54, 1.807) is 67.8 Å². The molecule has 11 nitrogen and oxygen atoms in total. The van der Waals surface area contributed by atoms with E-state index in [4.69, 9.17) is 9.15 Å². The number of nitrogens with zero attached hydrogens (tertiary/aromatic N) is 4. The van der Waals surface area contributed by atoms with E-state index in [-0.39, 0.29) is 36.7 Å². The van der Waals surface area contributed by atoms with E-state index < -0.39 is 41.0 Å². The Morgan fingerprint density at radius 1 is 1.06 bits per heavy atom. The normalized spacial score (nSPS) is 16.4. The number of aromatic nitrogens is 1. The number of para-hydroxylation sites is 2. The lowest BCUT2D eigenvalue weighted by Crippen LogP contribution is -2.59. The fourth-order valence-electron chi connectivity index (χ4n) is 5.61. The topological polar surface area (TPSA) is 125 Å². The third kappa shape index (κ3) is 9.11. The van der Waals surface area contributed by atoms with Crippen LogP contribution in [0.25, 0.3) is 11.1 Å². The Kier molecular flexibility index (Phi) is 11.2. The molecule has 4 amide bonds. The molecular weight excluding hydrogens is 617 g/mol. The number of likely N-dealkylation sites (N-methyl/N-ethyl adjacent to an activating group) is 1. The number of amides is 4. The molecule has 48 heavy (non-hydrogen) atoms. The summed E-state index contributed by atoms with van der Waals surface area (Å²) in [4.78, 5) is 63.2. The van der Waals surface area contributed by atoms with Gasteiger partial charge in [0.2, 0.25) is 11.8 Å². The summed E-state index contributed by atoms with van der Waals surface area (Å²) in [5.74, 6) is -1.55. The third-order valence-electron chi connectivity index (χ3n) is 8.48. The Labute approximate surface area is 281 Å². The van der Waals surface area contributed by atoms with Crippen molar-refractivity contribution in [2.24, 2.45) is 5.41 Å². The molecular formula is C36H48FN5O6. The summed E-state index contributed by atoms with van der Waals surface area (Å²) in [5, 5.41) is 2.90. The minimum atomic E-state index is -0.902. The van der Waals surface area contributed by atoms with Gasteiger partial charge in [0.05, 0.1) is 0 Å². The van der Waals surface area contributed by atoms with Crippen LogP contribution in [-0.2, 0) is 20.7 Å². The Morgan fingerprint density at radius 2 is 1.73 bits per heavy atom. The molecule has 3 atom stereocenters. The molecule has 0 aliphatic carbocycles. The number of ether oxygens (including phenoxy) is 1. The number of halogens is 1. The molecule has 2 heterocycles. The highest BCUT2D eigenvalue weighted by atomic mass is 19.1. The largest absolute Gasteiger partial charge is 0.444 e. The van der Waals surface area contributed by atoms with Crippen molar-refractivity contribution in [1.29, 1.82) is 0 Å². The first-order valence-corrected chi connectivity index (χ1v) is 16.4. The highest BCUT2D eigenvalue weighted by molar-refractivity contribution is 5.93. The van der Waals surface area contributed by atoms with Crippen LogP contribution in [0, 0.1) is 11.2 Å². The summed E-state index contributed by atoms with van der Waals surface area (Å²) >= 11 is 0. The van der Waals surface area contributed by atoms with Gasteiger partial charge < -0.3 is 24.3 Å². The first-order chi connectivity index (χ1) is 22.4. The standard InChI is InChI=1S/C36H48FN5O6/c1-23(40(8)34(46)48-36(5,6)7)30(43)39-29(35(2,3)4)32(44)42-20-11-12-26(42)22-41(21-19-24-15-17-25(37)18-16-24)33(45)31-38-27-13-9-10-14-28(27)47-31/h9-10,13-18,23,26,29H,11-12,19-22H2,1-8H3,(H,39,43)/t23-,26-,29+/m0/s1. The number of fused-ring (bicyclic) bond motifs is 1. The highest BCUT2D eigenvalue weighted by Gasteiger charge is 2.42. The van der Waals surface area contributed by atoms with Crippen LogP contribution in [0.4, 0.5) is 9.18 Å². The summed E-state index contributed by atoms with van der Waals surface area (Å²) < 4.78 is 24.8. The van der Waals surface area contributed by atoms with Crippen LogP contribution >= 0.6 is 0 Å². The van der Waals surface area contributed by atoms with Gasteiger partial charge in [-0.2, -0.15) is 0 Å². The average Bonchev–Trinajstić information content (AvgIpc) is 3.67. The summed E-state index contributed by atoms with van der Waals surface area (Å²) in [5.41, 5.74) is 0.512. The fraction of sp³-hybridized carbons (Fsp3) is 0.528. The predicted octanol–water partition coefficient (Wildman–Crippen LogP) is 5.43. The molecule has 1 aliphatic heterocycles. The number of carbonyl (C=O) groups excluding carboxylic acids is 4. The molecule has 2 aromatic carbocycles. The van der Waals surface area contributed by atoms with Gasteiger partial charge in [0.15, 0.2) is 5.58 Å². The van der Waals surface area contributed by atoms with Gasteiger partial charge in [-0.3, -0.25) is 19.3 Å². The Bertz CT molecular complexity index is 1580. The van der Waals surface area contributed by atoms with Gasteiger partial charge in [-0.05, 0) is 82.2 Å². The van der Waals surface area contributed by atoms with Crippen LogP contribution < -0.4 is 5.32 Å². The average molecular weight is 666 g/mol. The van der Waals surface area contributed by atoms with Crippen molar-refractivity contribution in [3.63, 3.8) is 0 Å². The van der Waals surface area contributed by atoms with E-state index in [0.29, 0.717) is 30.5 Å². The van der Waals surface area contributed by atoms with Crippen molar-refractivity contribution in [3.05, 3.63) is 65.8 Å². The van der Waals surface area contributed by atoms with E-state index >= 15 is 0 Å². The number of hydrogen-bond acceptors (Lipinski definition) is 7. The lowest BCUT2D eigenvalue weighted by molar-refractivity contribution is -0.141. The molecule has 1 N–H and O–H groups in total. The monoisotopic (exact) mass is 665 g/mol. The lowest BCUT2D eigenvalue weighted by Gasteiger charge is -2.38. The number of benzene rings is 2. The van der Waals surface area contributed by atoms with Crippen LogP contribution in [0.1, 0.15) is 77.6 Å². The van der Waals surface area contributed by atoms with Crippen LogP contribution in [0.15, 0.2) is 52.9 Å². The second kappa shape index (κ2) is 14.7. The van der Waals surface area contributed by atoms with Crippen LogP contribution in [0.2, 0.25) is 0 Å². The lowest BCUT2D eigenvalue weighted by atomic mass is 9.85. The molecule has 0 radical (unpaired) electrons. The van der Waals surface area contributed by atoms with Gasteiger partial charge in [0, 0.05) is 32.7 Å². The van der Waals surface area contributed by atoms with Gasteiger partial charge in [0.1, 0.15) is 29.0 Å². The summed E-state index contributed by atoms with van der Waals surface area (Å²) in [6.07, 6.45) is 1.19. The molecule has 3 aromatic rings. The van der Waals surface area contributed by atoms with E-state index in [9.17, 15) is 23.6 Å². The molecule has 0 saturated carbocycles. The number of nitrogens with one attached hydrogen (secondary N) is 1. The van der Waals surface area contributed by atoms with E-state index in [2.05, 4.69) is 10.3 Å².